The first-order chi connectivity index (χ1) is 15.7. The first kappa shape index (κ1) is 24.4. The quantitative estimate of drug-likeness (QED) is 0.522. The van der Waals surface area contributed by atoms with Crippen molar-refractivity contribution in [2.24, 2.45) is 11.3 Å². The van der Waals surface area contributed by atoms with Gasteiger partial charge in [-0.1, -0.05) is 55.2 Å². The fraction of sp³-hybridized carbons (Fsp3) is 0.500. The molecule has 3 unspecified atom stereocenters. The summed E-state index contributed by atoms with van der Waals surface area (Å²) in [5.74, 6) is -1.23. The first-order valence-electron chi connectivity index (χ1n) is 11.5. The Morgan fingerprint density at radius 1 is 1.15 bits per heavy atom. The van der Waals surface area contributed by atoms with Crippen LogP contribution in [0.5, 0.6) is 0 Å². The van der Waals surface area contributed by atoms with Crippen LogP contribution in [-0.2, 0) is 5.41 Å². The van der Waals surface area contributed by atoms with Gasteiger partial charge in [-0.3, -0.25) is 0 Å². The monoisotopic (exact) mass is 491 g/mol. The lowest BCUT2D eigenvalue weighted by atomic mass is 9.61. The van der Waals surface area contributed by atoms with Crippen LogP contribution < -0.4 is 10.6 Å². The Morgan fingerprint density at radius 3 is 2.55 bits per heavy atom. The fourth-order valence-electron chi connectivity index (χ4n) is 5.92. The molecule has 3 atom stereocenters. The number of hydrogen-bond donors (Lipinski definition) is 2. The number of nitriles is 1. The molecule has 0 bridgehead atoms. The molecule has 0 spiro atoms. The van der Waals surface area contributed by atoms with Crippen molar-refractivity contribution in [3.05, 3.63) is 69.2 Å². The van der Waals surface area contributed by atoms with Crippen molar-refractivity contribution in [1.82, 2.24) is 10.6 Å². The highest BCUT2D eigenvalue weighted by Gasteiger charge is 2.56. The van der Waals surface area contributed by atoms with Gasteiger partial charge in [-0.05, 0) is 67.4 Å². The van der Waals surface area contributed by atoms with Crippen molar-refractivity contribution in [3.63, 3.8) is 0 Å². The average Bonchev–Trinajstić information content (AvgIpc) is 3.14. The van der Waals surface area contributed by atoms with Crippen LogP contribution in [-0.4, -0.2) is 25.7 Å². The lowest BCUT2D eigenvalue weighted by molar-refractivity contribution is 0.129. The Labute approximate surface area is 204 Å². The zero-order valence-corrected chi connectivity index (χ0v) is 20.4. The second-order valence-electron chi connectivity index (χ2n) is 9.98. The second kappa shape index (κ2) is 9.50. The Balaban J connectivity index is 1.82. The van der Waals surface area contributed by atoms with E-state index in [-0.39, 0.29) is 27.1 Å². The van der Waals surface area contributed by atoms with Gasteiger partial charge in [0, 0.05) is 29.1 Å². The summed E-state index contributed by atoms with van der Waals surface area (Å²) in [7, 11) is 0. The van der Waals surface area contributed by atoms with Gasteiger partial charge < -0.3 is 10.6 Å². The number of hydrogen-bond acceptors (Lipinski definition) is 3. The molecule has 0 saturated carbocycles. The SMILES string of the molecule is CC(C)(CC1NCC(c2cccc(Cl)c2F)C1(C#N)c1ccc(Cl)cc1F)C1CCNCC1. The van der Waals surface area contributed by atoms with Crippen LogP contribution in [0.15, 0.2) is 36.4 Å². The van der Waals surface area contributed by atoms with Gasteiger partial charge in [0.25, 0.3) is 0 Å². The van der Waals surface area contributed by atoms with Crippen LogP contribution in [0, 0.1) is 34.3 Å². The van der Waals surface area contributed by atoms with Gasteiger partial charge in [0.15, 0.2) is 0 Å². The molecule has 3 nitrogen and oxygen atoms in total. The molecule has 2 fully saturated rings. The number of piperidine rings is 1. The molecular weight excluding hydrogens is 463 g/mol. The molecule has 2 aromatic rings. The molecule has 2 aliphatic heterocycles. The van der Waals surface area contributed by atoms with Crippen LogP contribution >= 0.6 is 23.2 Å². The van der Waals surface area contributed by atoms with Gasteiger partial charge in [0.1, 0.15) is 17.0 Å². The molecule has 0 aromatic heterocycles. The summed E-state index contributed by atoms with van der Waals surface area (Å²) >= 11 is 12.1. The molecule has 0 radical (unpaired) electrons. The summed E-state index contributed by atoms with van der Waals surface area (Å²) in [6.45, 7) is 6.73. The van der Waals surface area contributed by atoms with Crippen molar-refractivity contribution in [1.29, 1.82) is 5.26 Å². The van der Waals surface area contributed by atoms with Gasteiger partial charge >= 0.3 is 0 Å². The Kier molecular flexibility index (Phi) is 7.03. The molecule has 2 aliphatic rings. The second-order valence-corrected chi connectivity index (χ2v) is 10.8. The lowest BCUT2D eigenvalue weighted by Gasteiger charge is -2.42. The maximum Gasteiger partial charge on any atom is 0.145 e. The van der Waals surface area contributed by atoms with Crippen LogP contribution in [0.1, 0.15) is 50.2 Å². The van der Waals surface area contributed by atoms with Crippen LogP contribution in [0.2, 0.25) is 10.0 Å². The minimum atomic E-state index is -1.32. The molecule has 0 amide bonds. The van der Waals surface area contributed by atoms with Gasteiger partial charge in [0.2, 0.25) is 0 Å². The standard InChI is InChI=1S/C26H29Cl2F2N3/c1-25(2,16-8-10-32-11-9-16)13-23-26(15-31,19-7-6-17(27)12-22(19)29)20(14-33-23)18-4-3-5-21(28)24(18)30/h3-7,12,16,20,23,32-33H,8-11,13-14H2,1-2H3. The van der Waals surface area contributed by atoms with Gasteiger partial charge in [-0.15, -0.1) is 0 Å². The number of nitrogens with zero attached hydrogens (tertiary/aromatic N) is 1. The number of rotatable bonds is 5. The highest BCUT2D eigenvalue weighted by molar-refractivity contribution is 6.31. The predicted octanol–water partition coefficient (Wildman–Crippen LogP) is 6.20. The highest BCUT2D eigenvalue weighted by atomic mass is 35.5. The third-order valence-electron chi connectivity index (χ3n) is 7.76. The van der Waals surface area contributed by atoms with Crippen LogP contribution in [0.4, 0.5) is 8.78 Å². The third-order valence-corrected chi connectivity index (χ3v) is 8.29. The Bertz CT molecular complexity index is 1060. The predicted molar refractivity (Wildman–Crippen MR) is 129 cm³/mol. The van der Waals surface area contributed by atoms with Gasteiger partial charge in [-0.25, -0.2) is 8.78 Å². The van der Waals surface area contributed by atoms with E-state index in [1.54, 1.807) is 24.3 Å². The van der Waals surface area contributed by atoms with Crippen LogP contribution in [0.25, 0.3) is 0 Å². The van der Waals surface area contributed by atoms with E-state index in [0.29, 0.717) is 24.4 Å². The van der Waals surface area contributed by atoms with E-state index < -0.39 is 23.0 Å². The molecule has 2 heterocycles. The Morgan fingerprint density at radius 2 is 1.88 bits per heavy atom. The molecule has 33 heavy (non-hydrogen) atoms. The van der Waals surface area contributed by atoms with E-state index in [0.717, 1.165) is 25.9 Å². The van der Waals surface area contributed by atoms with E-state index in [1.165, 1.54) is 12.1 Å². The summed E-state index contributed by atoms with van der Waals surface area (Å²) in [6.07, 6.45) is 2.77. The molecular formula is C26H29Cl2F2N3. The van der Waals surface area contributed by atoms with E-state index in [4.69, 9.17) is 23.2 Å². The van der Waals surface area contributed by atoms with Crippen molar-refractivity contribution >= 4 is 23.2 Å². The van der Waals surface area contributed by atoms with E-state index in [9.17, 15) is 5.26 Å². The topological polar surface area (TPSA) is 47.9 Å². The maximum atomic E-state index is 15.4. The van der Waals surface area contributed by atoms with Crippen molar-refractivity contribution in [3.8, 4) is 6.07 Å². The zero-order chi connectivity index (χ0) is 23.8. The minimum Gasteiger partial charge on any atom is -0.317 e. The molecule has 4 rings (SSSR count). The van der Waals surface area contributed by atoms with E-state index in [1.807, 2.05) is 0 Å². The summed E-state index contributed by atoms with van der Waals surface area (Å²) in [5, 5.41) is 17.8. The summed E-state index contributed by atoms with van der Waals surface area (Å²) in [5.41, 5.74) is -0.834. The maximum absolute atomic E-state index is 15.4. The number of halogens is 4. The smallest absolute Gasteiger partial charge is 0.145 e. The highest BCUT2D eigenvalue weighted by Crippen LogP contribution is 2.51. The normalized spacial score (nSPS) is 26.3. The van der Waals surface area contributed by atoms with E-state index in [2.05, 4.69) is 30.6 Å². The number of nitrogens with one attached hydrogen (secondary N) is 2. The molecule has 7 heteroatoms. The molecule has 2 N–H and O–H groups in total. The first-order valence-corrected chi connectivity index (χ1v) is 12.2. The van der Waals surface area contributed by atoms with Gasteiger partial charge in [0.05, 0.1) is 11.1 Å². The third kappa shape index (κ3) is 4.39. The van der Waals surface area contributed by atoms with Gasteiger partial charge in [-0.2, -0.15) is 5.26 Å². The van der Waals surface area contributed by atoms with Crippen molar-refractivity contribution in [2.45, 2.75) is 50.5 Å². The van der Waals surface area contributed by atoms with Crippen molar-refractivity contribution in [2.75, 3.05) is 19.6 Å². The molecule has 176 valence electrons. The zero-order valence-electron chi connectivity index (χ0n) is 18.9. The summed E-state index contributed by atoms with van der Waals surface area (Å²) < 4.78 is 30.6. The Hall–Kier alpha value is -1.71. The van der Waals surface area contributed by atoms with E-state index >= 15 is 8.78 Å². The molecule has 0 aliphatic carbocycles. The largest absolute Gasteiger partial charge is 0.317 e. The van der Waals surface area contributed by atoms with Crippen molar-refractivity contribution < 1.29 is 8.78 Å². The lowest BCUT2D eigenvalue weighted by Crippen LogP contribution is -2.47. The minimum absolute atomic E-state index is 0.00518. The fourth-order valence-corrected chi connectivity index (χ4v) is 6.26. The summed E-state index contributed by atoms with van der Waals surface area (Å²) in [6, 6.07) is 11.3. The van der Waals surface area contributed by atoms with Crippen LogP contribution in [0.3, 0.4) is 0 Å². The molecule has 2 aromatic carbocycles. The average molecular weight is 492 g/mol. The molecule has 2 saturated heterocycles. The summed E-state index contributed by atoms with van der Waals surface area (Å²) in [4.78, 5) is 0. The number of benzene rings is 2.